The Morgan fingerprint density at radius 1 is 1.33 bits per heavy atom. The molecule has 5 nitrogen and oxygen atoms in total. The third-order valence-electron chi connectivity index (χ3n) is 2.66. The zero-order valence-corrected chi connectivity index (χ0v) is 10.5. The maximum Gasteiger partial charge on any atom is 0.248 e. The number of aromatic nitrogens is 2. The lowest BCUT2D eigenvalue weighted by Crippen LogP contribution is -2.12. The van der Waals surface area contributed by atoms with Gasteiger partial charge in [0.2, 0.25) is 5.89 Å². The summed E-state index contributed by atoms with van der Waals surface area (Å²) >= 11 is 0. The molecule has 0 aliphatic rings. The van der Waals surface area contributed by atoms with E-state index in [0.29, 0.717) is 18.3 Å². The molecule has 0 aliphatic carbocycles. The van der Waals surface area contributed by atoms with Crippen molar-refractivity contribution >= 4 is 0 Å². The number of hydrogen-bond acceptors (Lipinski definition) is 5. The van der Waals surface area contributed by atoms with Gasteiger partial charge in [0.1, 0.15) is 12.1 Å². The summed E-state index contributed by atoms with van der Waals surface area (Å²) in [4.78, 5) is 4.28. The van der Waals surface area contributed by atoms with Gasteiger partial charge in [-0.25, -0.2) is 0 Å². The Labute approximate surface area is 106 Å². The lowest BCUT2D eigenvalue weighted by Gasteiger charge is -2.06. The van der Waals surface area contributed by atoms with E-state index in [2.05, 4.69) is 10.1 Å². The van der Waals surface area contributed by atoms with Gasteiger partial charge in [-0.05, 0) is 19.4 Å². The topological polar surface area (TPSA) is 74.2 Å². The highest BCUT2D eigenvalue weighted by Gasteiger charge is 2.19. The lowest BCUT2D eigenvalue weighted by molar-refractivity contribution is 0.0683. The molecule has 2 aromatic rings. The zero-order chi connectivity index (χ0) is 13.0. The number of benzene rings is 1. The average Bonchev–Trinajstić information content (AvgIpc) is 2.89. The van der Waals surface area contributed by atoms with Gasteiger partial charge >= 0.3 is 0 Å². The monoisotopic (exact) mass is 247 g/mol. The molecule has 2 atom stereocenters. The van der Waals surface area contributed by atoms with Gasteiger partial charge in [0.15, 0.2) is 5.82 Å². The molecule has 0 radical (unpaired) electrons. The molecule has 1 aromatic heterocycles. The molecule has 0 saturated carbocycles. The van der Waals surface area contributed by atoms with Crippen LogP contribution in [0.2, 0.25) is 0 Å². The van der Waals surface area contributed by atoms with Crippen molar-refractivity contribution < 1.29 is 9.26 Å². The average molecular weight is 247 g/mol. The molecule has 0 saturated heterocycles. The van der Waals surface area contributed by atoms with Crippen LogP contribution in [0.4, 0.5) is 0 Å². The second-order valence-electron chi connectivity index (χ2n) is 3.98. The van der Waals surface area contributed by atoms with E-state index < -0.39 is 6.04 Å². The van der Waals surface area contributed by atoms with E-state index in [1.54, 1.807) is 0 Å². The van der Waals surface area contributed by atoms with E-state index in [-0.39, 0.29) is 6.10 Å². The molecule has 0 aliphatic heterocycles. The summed E-state index contributed by atoms with van der Waals surface area (Å²) in [5, 5.41) is 3.89. The fourth-order valence-corrected chi connectivity index (χ4v) is 1.67. The number of hydrogen-bond donors (Lipinski definition) is 1. The molecule has 2 N–H and O–H groups in total. The third-order valence-corrected chi connectivity index (χ3v) is 2.66. The van der Waals surface area contributed by atoms with E-state index in [9.17, 15) is 0 Å². The maximum atomic E-state index is 6.07. The fraction of sp³-hybridized carbons (Fsp3) is 0.385. The molecule has 18 heavy (non-hydrogen) atoms. The summed E-state index contributed by atoms with van der Waals surface area (Å²) in [7, 11) is 0. The van der Waals surface area contributed by atoms with Gasteiger partial charge in [-0.15, -0.1) is 0 Å². The summed E-state index contributed by atoms with van der Waals surface area (Å²) in [6, 6.07) is 9.25. The molecule has 0 fully saturated rings. The Kier molecular flexibility index (Phi) is 4.07. The SMILES string of the molecule is CCOC(C)c1noc(C(N)c2ccccc2)n1. The summed E-state index contributed by atoms with van der Waals surface area (Å²) in [5.74, 6) is 0.931. The number of rotatable bonds is 5. The lowest BCUT2D eigenvalue weighted by atomic mass is 10.1. The Hall–Kier alpha value is -1.72. The minimum Gasteiger partial charge on any atom is -0.371 e. The molecular weight excluding hydrogens is 230 g/mol. The molecule has 2 unspecified atom stereocenters. The van der Waals surface area contributed by atoms with Crippen LogP contribution < -0.4 is 5.73 Å². The maximum absolute atomic E-state index is 6.07. The van der Waals surface area contributed by atoms with Crippen molar-refractivity contribution in [2.75, 3.05) is 6.61 Å². The van der Waals surface area contributed by atoms with Gasteiger partial charge in [-0.3, -0.25) is 0 Å². The predicted molar refractivity (Wildman–Crippen MR) is 66.8 cm³/mol. The Bertz CT molecular complexity index is 484. The van der Waals surface area contributed by atoms with E-state index in [0.717, 1.165) is 5.56 Å². The van der Waals surface area contributed by atoms with Crippen molar-refractivity contribution in [3.8, 4) is 0 Å². The number of nitrogens with two attached hydrogens (primary N) is 1. The summed E-state index contributed by atoms with van der Waals surface area (Å²) in [6.07, 6.45) is -0.185. The van der Waals surface area contributed by atoms with Crippen LogP contribution >= 0.6 is 0 Å². The molecule has 1 aromatic carbocycles. The predicted octanol–water partition coefficient (Wildman–Crippen LogP) is 2.22. The minimum atomic E-state index is -0.402. The quantitative estimate of drug-likeness (QED) is 0.876. The van der Waals surface area contributed by atoms with Gasteiger partial charge in [-0.1, -0.05) is 35.5 Å². The molecule has 2 rings (SSSR count). The standard InChI is InChI=1S/C13H17N3O2/c1-3-17-9(2)12-15-13(18-16-12)11(14)10-7-5-4-6-8-10/h4-9,11H,3,14H2,1-2H3. The second kappa shape index (κ2) is 5.75. The fourth-order valence-electron chi connectivity index (χ4n) is 1.67. The van der Waals surface area contributed by atoms with E-state index in [1.165, 1.54) is 0 Å². The van der Waals surface area contributed by atoms with Crippen molar-refractivity contribution in [3.63, 3.8) is 0 Å². The van der Waals surface area contributed by atoms with Crippen LogP contribution in [0, 0.1) is 0 Å². The highest BCUT2D eigenvalue weighted by Crippen LogP contribution is 2.20. The van der Waals surface area contributed by atoms with Gasteiger partial charge in [0.25, 0.3) is 0 Å². The first-order valence-electron chi connectivity index (χ1n) is 5.98. The second-order valence-corrected chi connectivity index (χ2v) is 3.98. The summed E-state index contributed by atoms with van der Waals surface area (Å²) in [6.45, 7) is 4.41. The molecule has 5 heteroatoms. The van der Waals surface area contributed by atoms with Crippen LogP contribution in [0.5, 0.6) is 0 Å². The van der Waals surface area contributed by atoms with Gasteiger partial charge in [0, 0.05) is 6.61 Å². The summed E-state index contributed by atoms with van der Waals surface area (Å²) in [5.41, 5.74) is 7.01. The van der Waals surface area contributed by atoms with E-state index in [1.807, 2.05) is 44.2 Å². The molecule has 0 bridgehead atoms. The first-order chi connectivity index (χ1) is 8.72. The molecule has 0 amide bonds. The smallest absolute Gasteiger partial charge is 0.248 e. The molecular formula is C13H17N3O2. The largest absolute Gasteiger partial charge is 0.371 e. The van der Waals surface area contributed by atoms with E-state index >= 15 is 0 Å². The number of nitrogens with zero attached hydrogens (tertiary/aromatic N) is 2. The molecule has 0 spiro atoms. The van der Waals surface area contributed by atoms with Crippen LogP contribution in [0.1, 0.15) is 43.3 Å². The van der Waals surface area contributed by atoms with Gasteiger partial charge in [-0.2, -0.15) is 4.98 Å². The summed E-state index contributed by atoms with van der Waals surface area (Å²) < 4.78 is 10.6. The van der Waals surface area contributed by atoms with Crippen LogP contribution in [-0.2, 0) is 4.74 Å². The normalized spacial score (nSPS) is 14.4. The van der Waals surface area contributed by atoms with E-state index in [4.69, 9.17) is 15.0 Å². The zero-order valence-electron chi connectivity index (χ0n) is 10.5. The van der Waals surface area contributed by atoms with Crippen LogP contribution in [0.25, 0.3) is 0 Å². The van der Waals surface area contributed by atoms with Crippen molar-refractivity contribution in [1.82, 2.24) is 10.1 Å². The highest BCUT2D eigenvalue weighted by molar-refractivity contribution is 5.23. The van der Waals surface area contributed by atoms with Gasteiger partial charge < -0.3 is 15.0 Å². The van der Waals surface area contributed by atoms with Crippen LogP contribution in [0.3, 0.4) is 0 Å². The van der Waals surface area contributed by atoms with Crippen molar-refractivity contribution in [2.45, 2.75) is 26.0 Å². The molecule has 1 heterocycles. The Balaban J connectivity index is 2.15. The Morgan fingerprint density at radius 2 is 2.06 bits per heavy atom. The number of ether oxygens (including phenoxy) is 1. The minimum absolute atomic E-state index is 0.185. The van der Waals surface area contributed by atoms with Crippen LogP contribution in [-0.4, -0.2) is 16.7 Å². The molecule has 96 valence electrons. The van der Waals surface area contributed by atoms with Crippen LogP contribution in [0.15, 0.2) is 34.9 Å². The first kappa shape index (κ1) is 12.7. The first-order valence-corrected chi connectivity index (χ1v) is 5.98. The van der Waals surface area contributed by atoms with Gasteiger partial charge in [0.05, 0.1) is 0 Å². The Morgan fingerprint density at radius 3 is 2.72 bits per heavy atom. The third kappa shape index (κ3) is 2.75. The highest BCUT2D eigenvalue weighted by atomic mass is 16.5. The van der Waals surface area contributed by atoms with Crippen molar-refractivity contribution in [1.29, 1.82) is 0 Å². The van der Waals surface area contributed by atoms with Crippen molar-refractivity contribution in [2.24, 2.45) is 5.73 Å². The van der Waals surface area contributed by atoms with Crippen molar-refractivity contribution in [3.05, 3.63) is 47.6 Å².